The summed E-state index contributed by atoms with van der Waals surface area (Å²) >= 11 is 1.63. The van der Waals surface area contributed by atoms with Crippen LogP contribution in [0.15, 0.2) is 17.5 Å². The molecule has 1 aromatic heterocycles. The molecule has 3 rings (SSSR count). The number of carbonyl (C=O) groups is 2. The number of rotatable bonds is 3. The Morgan fingerprint density at radius 1 is 1.33 bits per heavy atom. The maximum absolute atomic E-state index is 12.7. The Hall–Kier alpha value is -1.36. The van der Waals surface area contributed by atoms with Crippen molar-refractivity contribution in [1.29, 1.82) is 0 Å². The summed E-state index contributed by atoms with van der Waals surface area (Å²) in [6.45, 7) is 0. The number of piperidine rings is 1. The molecule has 0 spiro atoms. The van der Waals surface area contributed by atoms with Gasteiger partial charge in [0.05, 0.1) is 12.0 Å². The average molecular weight is 306 g/mol. The summed E-state index contributed by atoms with van der Waals surface area (Å²) in [5, 5.41) is 5.21. The molecule has 2 aliphatic rings. The number of carbonyl (C=O) groups excluding carboxylic acids is 2. The van der Waals surface area contributed by atoms with Crippen LogP contribution in [0.2, 0.25) is 0 Å². The zero-order chi connectivity index (χ0) is 14.8. The second kappa shape index (κ2) is 6.18. The van der Waals surface area contributed by atoms with Crippen LogP contribution in [0.25, 0.3) is 0 Å². The van der Waals surface area contributed by atoms with E-state index in [1.165, 1.54) is 12.8 Å². The largest absolute Gasteiger partial charge is 0.353 e. The van der Waals surface area contributed by atoms with Crippen molar-refractivity contribution in [2.75, 3.05) is 7.05 Å². The second-order valence-corrected chi connectivity index (χ2v) is 7.08. The standard InChI is InChI=1S/C16H22N2O2S/c1-18-14(19)9-8-12(15(18)13-7-4-10-21-13)16(20)17-11-5-2-3-6-11/h4,7,10-12,15H,2-3,5-6,8-9H2,1H3,(H,17,20). The number of nitrogens with zero attached hydrogens (tertiary/aromatic N) is 1. The molecular formula is C16H22N2O2S. The lowest BCUT2D eigenvalue weighted by Crippen LogP contribution is -2.47. The predicted molar refractivity (Wildman–Crippen MR) is 83.0 cm³/mol. The Bertz CT molecular complexity index is 508. The minimum atomic E-state index is -0.119. The van der Waals surface area contributed by atoms with Crippen LogP contribution in [0.3, 0.4) is 0 Å². The first-order valence-corrected chi connectivity index (χ1v) is 8.64. The highest BCUT2D eigenvalue weighted by atomic mass is 32.1. The van der Waals surface area contributed by atoms with Crippen molar-refractivity contribution in [3.63, 3.8) is 0 Å². The van der Waals surface area contributed by atoms with Crippen molar-refractivity contribution < 1.29 is 9.59 Å². The Balaban J connectivity index is 1.77. The number of amides is 2. The second-order valence-electron chi connectivity index (χ2n) is 6.10. The van der Waals surface area contributed by atoms with E-state index in [0.29, 0.717) is 18.9 Å². The molecule has 114 valence electrons. The number of thiophene rings is 1. The van der Waals surface area contributed by atoms with E-state index in [0.717, 1.165) is 17.7 Å². The molecule has 2 atom stereocenters. The molecule has 0 radical (unpaired) electrons. The van der Waals surface area contributed by atoms with Gasteiger partial charge in [0, 0.05) is 24.4 Å². The van der Waals surface area contributed by atoms with E-state index in [2.05, 4.69) is 5.32 Å². The van der Waals surface area contributed by atoms with Crippen LogP contribution in [0, 0.1) is 5.92 Å². The highest BCUT2D eigenvalue weighted by molar-refractivity contribution is 7.10. The van der Waals surface area contributed by atoms with Gasteiger partial charge in [0.2, 0.25) is 11.8 Å². The predicted octanol–water partition coefficient (Wildman–Crippen LogP) is 2.72. The van der Waals surface area contributed by atoms with Gasteiger partial charge in [-0.3, -0.25) is 9.59 Å². The van der Waals surface area contributed by atoms with Gasteiger partial charge in [-0.15, -0.1) is 11.3 Å². The molecular weight excluding hydrogens is 284 g/mol. The van der Waals surface area contributed by atoms with E-state index in [-0.39, 0.29) is 23.8 Å². The van der Waals surface area contributed by atoms with Crippen LogP contribution in [-0.2, 0) is 9.59 Å². The number of hydrogen-bond acceptors (Lipinski definition) is 3. The van der Waals surface area contributed by atoms with Gasteiger partial charge in [-0.2, -0.15) is 0 Å². The maximum atomic E-state index is 12.7. The minimum absolute atomic E-state index is 0.104. The number of likely N-dealkylation sites (tertiary alicyclic amines) is 1. The monoisotopic (exact) mass is 306 g/mol. The van der Waals surface area contributed by atoms with Crippen molar-refractivity contribution in [3.8, 4) is 0 Å². The van der Waals surface area contributed by atoms with Gasteiger partial charge >= 0.3 is 0 Å². The van der Waals surface area contributed by atoms with Gasteiger partial charge in [0.15, 0.2) is 0 Å². The highest BCUT2D eigenvalue weighted by Crippen LogP contribution is 2.38. The van der Waals surface area contributed by atoms with Crippen molar-refractivity contribution in [2.45, 2.75) is 50.6 Å². The smallest absolute Gasteiger partial charge is 0.225 e. The maximum Gasteiger partial charge on any atom is 0.225 e. The van der Waals surface area contributed by atoms with Crippen LogP contribution < -0.4 is 5.32 Å². The highest BCUT2D eigenvalue weighted by Gasteiger charge is 2.39. The van der Waals surface area contributed by atoms with Gasteiger partial charge in [0.1, 0.15) is 0 Å². The fraction of sp³-hybridized carbons (Fsp3) is 0.625. The molecule has 1 N–H and O–H groups in total. The van der Waals surface area contributed by atoms with Gasteiger partial charge in [0.25, 0.3) is 0 Å². The first-order chi connectivity index (χ1) is 10.2. The van der Waals surface area contributed by atoms with Crippen molar-refractivity contribution in [3.05, 3.63) is 22.4 Å². The van der Waals surface area contributed by atoms with Crippen molar-refractivity contribution in [1.82, 2.24) is 10.2 Å². The van der Waals surface area contributed by atoms with Crippen LogP contribution >= 0.6 is 11.3 Å². The summed E-state index contributed by atoms with van der Waals surface area (Å²) in [4.78, 5) is 27.5. The third kappa shape index (κ3) is 2.98. The van der Waals surface area contributed by atoms with Gasteiger partial charge in [-0.25, -0.2) is 0 Å². The van der Waals surface area contributed by atoms with E-state index in [1.807, 2.05) is 24.6 Å². The van der Waals surface area contributed by atoms with E-state index in [1.54, 1.807) is 16.2 Å². The van der Waals surface area contributed by atoms with Crippen LogP contribution in [0.5, 0.6) is 0 Å². The molecule has 0 aromatic carbocycles. The Morgan fingerprint density at radius 3 is 2.76 bits per heavy atom. The summed E-state index contributed by atoms with van der Waals surface area (Å²) < 4.78 is 0. The van der Waals surface area contributed by atoms with E-state index < -0.39 is 0 Å². The molecule has 2 amide bonds. The summed E-state index contributed by atoms with van der Waals surface area (Å²) in [6, 6.07) is 4.25. The molecule has 21 heavy (non-hydrogen) atoms. The fourth-order valence-corrected chi connectivity index (χ4v) is 4.47. The van der Waals surface area contributed by atoms with E-state index >= 15 is 0 Å². The summed E-state index contributed by atoms with van der Waals surface area (Å²) in [5.41, 5.74) is 0. The quantitative estimate of drug-likeness (QED) is 0.933. The molecule has 2 fully saturated rings. The first-order valence-electron chi connectivity index (χ1n) is 7.76. The van der Waals surface area contributed by atoms with Gasteiger partial charge < -0.3 is 10.2 Å². The molecule has 1 aliphatic carbocycles. The molecule has 2 heterocycles. The van der Waals surface area contributed by atoms with Crippen LogP contribution in [-0.4, -0.2) is 29.8 Å². The topological polar surface area (TPSA) is 49.4 Å². The van der Waals surface area contributed by atoms with Crippen molar-refractivity contribution >= 4 is 23.2 Å². The first kappa shape index (κ1) is 14.6. The van der Waals surface area contributed by atoms with Crippen LogP contribution in [0.1, 0.15) is 49.4 Å². The molecule has 2 unspecified atom stereocenters. The molecule has 1 aromatic rings. The van der Waals surface area contributed by atoms with Gasteiger partial charge in [-0.1, -0.05) is 18.9 Å². The normalized spacial score (nSPS) is 27.1. The molecule has 1 saturated carbocycles. The summed E-state index contributed by atoms with van der Waals surface area (Å²) in [5.74, 6) is 0.143. The van der Waals surface area contributed by atoms with Crippen molar-refractivity contribution in [2.24, 2.45) is 5.92 Å². The third-order valence-electron chi connectivity index (χ3n) is 4.73. The third-order valence-corrected chi connectivity index (χ3v) is 5.68. The SMILES string of the molecule is CN1C(=O)CCC(C(=O)NC2CCCC2)C1c1cccs1. The lowest BCUT2D eigenvalue weighted by Gasteiger charge is -2.38. The zero-order valence-electron chi connectivity index (χ0n) is 12.4. The Kier molecular flexibility index (Phi) is 4.29. The lowest BCUT2D eigenvalue weighted by molar-refractivity contribution is -0.141. The Labute approximate surface area is 129 Å². The molecule has 1 aliphatic heterocycles. The van der Waals surface area contributed by atoms with E-state index in [9.17, 15) is 9.59 Å². The lowest BCUT2D eigenvalue weighted by atomic mass is 9.87. The fourth-order valence-electron chi connectivity index (χ4n) is 3.54. The summed E-state index contributed by atoms with van der Waals surface area (Å²) in [6.07, 6.45) is 5.74. The zero-order valence-corrected chi connectivity index (χ0v) is 13.2. The average Bonchev–Trinajstić information content (AvgIpc) is 3.14. The molecule has 4 nitrogen and oxygen atoms in total. The summed E-state index contributed by atoms with van der Waals surface area (Å²) in [7, 11) is 1.82. The van der Waals surface area contributed by atoms with Gasteiger partial charge in [-0.05, 0) is 30.7 Å². The number of hydrogen-bond donors (Lipinski definition) is 1. The minimum Gasteiger partial charge on any atom is -0.353 e. The Morgan fingerprint density at radius 2 is 2.10 bits per heavy atom. The molecule has 5 heteroatoms. The van der Waals surface area contributed by atoms with Crippen LogP contribution in [0.4, 0.5) is 0 Å². The number of nitrogens with one attached hydrogen (secondary N) is 1. The molecule has 1 saturated heterocycles. The van der Waals surface area contributed by atoms with E-state index in [4.69, 9.17) is 0 Å². The molecule has 0 bridgehead atoms.